The van der Waals surface area contributed by atoms with Gasteiger partial charge in [-0.1, -0.05) is 6.07 Å². The third-order valence-electron chi connectivity index (χ3n) is 3.88. The maximum absolute atomic E-state index is 12.5. The summed E-state index contributed by atoms with van der Waals surface area (Å²) >= 11 is 0. The molecule has 4 nitrogen and oxygen atoms in total. The molecule has 5 heteroatoms. The third kappa shape index (κ3) is 2.99. The molecule has 2 N–H and O–H groups in total. The molecule has 1 aromatic heterocycles. The van der Waals surface area contributed by atoms with Crippen molar-refractivity contribution >= 4 is 9.84 Å². The first-order valence-corrected chi connectivity index (χ1v) is 8.72. The molecular weight excluding hydrogens is 284 g/mol. The van der Waals surface area contributed by atoms with Crippen molar-refractivity contribution in [2.45, 2.75) is 36.5 Å². The number of hydrogen-bond acceptors (Lipinski definition) is 4. The van der Waals surface area contributed by atoms with Gasteiger partial charge in [0.25, 0.3) is 0 Å². The molecule has 0 bridgehead atoms. The predicted octanol–water partition coefficient (Wildman–Crippen LogP) is 2.00. The second-order valence-electron chi connectivity index (χ2n) is 5.40. The minimum atomic E-state index is -3.33. The zero-order chi connectivity index (χ0) is 14.9. The van der Waals surface area contributed by atoms with E-state index in [0.29, 0.717) is 17.1 Å². The van der Waals surface area contributed by atoms with Gasteiger partial charge in [-0.15, -0.1) is 0 Å². The van der Waals surface area contributed by atoms with Gasteiger partial charge < -0.3 is 5.73 Å². The molecule has 0 radical (unpaired) electrons. The Labute approximate surface area is 124 Å². The molecule has 2 aromatic rings. The number of fused-ring (bicyclic) bond motifs is 1. The molecule has 1 aliphatic rings. The molecule has 110 valence electrons. The van der Waals surface area contributed by atoms with E-state index < -0.39 is 9.84 Å². The van der Waals surface area contributed by atoms with Crippen LogP contribution >= 0.6 is 0 Å². The van der Waals surface area contributed by atoms with E-state index in [-0.39, 0.29) is 5.75 Å². The molecule has 0 atom stereocenters. The van der Waals surface area contributed by atoms with E-state index in [9.17, 15) is 8.42 Å². The van der Waals surface area contributed by atoms with Gasteiger partial charge in [0.2, 0.25) is 0 Å². The van der Waals surface area contributed by atoms with Gasteiger partial charge in [-0.05, 0) is 60.2 Å². The summed E-state index contributed by atoms with van der Waals surface area (Å²) in [6.45, 7) is 0.312. The Bertz CT molecular complexity index is 770. The van der Waals surface area contributed by atoms with E-state index in [1.807, 2.05) is 12.1 Å². The fraction of sp³-hybridized carbons (Fsp3) is 0.312. The van der Waals surface area contributed by atoms with Crippen LogP contribution in [0.3, 0.4) is 0 Å². The molecule has 1 aromatic carbocycles. The Morgan fingerprint density at radius 1 is 1.10 bits per heavy atom. The van der Waals surface area contributed by atoms with Gasteiger partial charge in [0.1, 0.15) is 0 Å². The molecular formula is C16H18N2O2S. The molecule has 0 amide bonds. The number of aryl methyl sites for hydroxylation is 2. The van der Waals surface area contributed by atoms with Gasteiger partial charge in [-0.25, -0.2) is 8.42 Å². The Hall–Kier alpha value is -1.72. The number of pyridine rings is 1. The molecule has 0 fully saturated rings. The van der Waals surface area contributed by atoms with Gasteiger partial charge in [0.05, 0.1) is 16.3 Å². The number of nitrogens with zero attached hydrogens (tertiary/aromatic N) is 1. The highest BCUT2D eigenvalue weighted by Gasteiger charge is 2.19. The van der Waals surface area contributed by atoms with Gasteiger partial charge in [0, 0.05) is 12.7 Å². The van der Waals surface area contributed by atoms with E-state index >= 15 is 0 Å². The van der Waals surface area contributed by atoms with Crippen molar-refractivity contribution in [3.63, 3.8) is 0 Å². The minimum Gasteiger partial charge on any atom is -0.325 e. The second kappa shape index (κ2) is 5.58. The summed E-state index contributed by atoms with van der Waals surface area (Å²) in [5.74, 6) is -0.0126. The summed E-state index contributed by atoms with van der Waals surface area (Å²) < 4.78 is 25.1. The Kier molecular flexibility index (Phi) is 3.78. The fourth-order valence-corrected chi connectivity index (χ4v) is 4.16. The Morgan fingerprint density at radius 3 is 2.71 bits per heavy atom. The molecule has 0 saturated carbocycles. The lowest BCUT2D eigenvalue weighted by Gasteiger charge is -2.08. The van der Waals surface area contributed by atoms with Crippen LogP contribution in [-0.2, 0) is 35.0 Å². The first kappa shape index (κ1) is 14.2. The fourth-order valence-electron chi connectivity index (χ4n) is 2.77. The summed E-state index contributed by atoms with van der Waals surface area (Å²) in [6.07, 6.45) is 4.75. The van der Waals surface area contributed by atoms with Crippen molar-refractivity contribution in [1.29, 1.82) is 0 Å². The van der Waals surface area contributed by atoms with Crippen molar-refractivity contribution in [2.75, 3.05) is 0 Å². The van der Waals surface area contributed by atoms with Crippen LogP contribution in [0.15, 0.2) is 41.4 Å². The number of sulfone groups is 1. The van der Waals surface area contributed by atoms with Gasteiger partial charge >= 0.3 is 0 Å². The summed E-state index contributed by atoms with van der Waals surface area (Å²) in [7, 11) is -3.33. The first-order chi connectivity index (χ1) is 10.1. The van der Waals surface area contributed by atoms with Crippen LogP contribution in [0.1, 0.15) is 28.8 Å². The smallest absolute Gasteiger partial charge is 0.182 e. The van der Waals surface area contributed by atoms with Crippen LogP contribution in [0.5, 0.6) is 0 Å². The van der Waals surface area contributed by atoms with E-state index in [4.69, 9.17) is 5.73 Å². The zero-order valence-electron chi connectivity index (χ0n) is 11.7. The summed E-state index contributed by atoms with van der Waals surface area (Å²) in [5.41, 5.74) is 9.43. The highest BCUT2D eigenvalue weighted by atomic mass is 32.2. The topological polar surface area (TPSA) is 73.1 Å². The van der Waals surface area contributed by atoms with Crippen LogP contribution in [0.2, 0.25) is 0 Å². The molecule has 0 saturated heterocycles. The van der Waals surface area contributed by atoms with Crippen LogP contribution in [0, 0.1) is 0 Å². The monoisotopic (exact) mass is 302 g/mol. The molecule has 3 rings (SSSR count). The van der Waals surface area contributed by atoms with Crippen molar-refractivity contribution in [3.8, 4) is 0 Å². The van der Waals surface area contributed by atoms with Gasteiger partial charge in [0.15, 0.2) is 9.84 Å². The maximum Gasteiger partial charge on any atom is 0.182 e. The van der Waals surface area contributed by atoms with Gasteiger partial charge in [-0.2, -0.15) is 0 Å². The van der Waals surface area contributed by atoms with Crippen LogP contribution < -0.4 is 5.73 Å². The maximum atomic E-state index is 12.5. The standard InChI is InChI=1S/C16H18N2O2S/c17-10-15-8-12(6-7-18-15)11-21(19,20)16-5-4-13-2-1-3-14(13)9-16/h4-9H,1-3,10-11,17H2. The third-order valence-corrected chi connectivity index (χ3v) is 5.56. The van der Waals surface area contributed by atoms with Crippen molar-refractivity contribution in [3.05, 3.63) is 58.9 Å². The average molecular weight is 302 g/mol. The van der Waals surface area contributed by atoms with Crippen LogP contribution in [0.25, 0.3) is 0 Å². The quantitative estimate of drug-likeness (QED) is 0.937. The lowest BCUT2D eigenvalue weighted by atomic mass is 10.1. The summed E-state index contributed by atoms with van der Waals surface area (Å²) in [5, 5.41) is 0. The van der Waals surface area contributed by atoms with E-state index in [1.165, 1.54) is 11.1 Å². The van der Waals surface area contributed by atoms with Crippen LogP contribution in [0.4, 0.5) is 0 Å². The van der Waals surface area contributed by atoms with Crippen LogP contribution in [-0.4, -0.2) is 13.4 Å². The second-order valence-corrected chi connectivity index (χ2v) is 7.39. The molecule has 0 aliphatic heterocycles. The number of rotatable bonds is 4. The van der Waals surface area contributed by atoms with Crippen molar-refractivity contribution in [1.82, 2.24) is 4.98 Å². The summed E-state index contributed by atoms with van der Waals surface area (Å²) in [6, 6.07) is 9.00. The van der Waals surface area contributed by atoms with E-state index in [2.05, 4.69) is 4.98 Å². The normalized spacial score (nSPS) is 14.1. The number of nitrogens with two attached hydrogens (primary N) is 1. The highest BCUT2D eigenvalue weighted by molar-refractivity contribution is 7.90. The first-order valence-electron chi connectivity index (χ1n) is 7.07. The van der Waals surface area contributed by atoms with E-state index in [0.717, 1.165) is 24.8 Å². The summed E-state index contributed by atoms with van der Waals surface area (Å²) in [4.78, 5) is 4.50. The average Bonchev–Trinajstić information content (AvgIpc) is 2.94. The van der Waals surface area contributed by atoms with Crippen molar-refractivity contribution < 1.29 is 8.42 Å². The Morgan fingerprint density at radius 2 is 1.90 bits per heavy atom. The molecule has 21 heavy (non-hydrogen) atoms. The number of benzene rings is 1. The molecule has 1 heterocycles. The largest absolute Gasteiger partial charge is 0.325 e. The molecule has 0 unspecified atom stereocenters. The van der Waals surface area contributed by atoms with Gasteiger partial charge in [-0.3, -0.25) is 4.98 Å². The molecule has 1 aliphatic carbocycles. The number of aromatic nitrogens is 1. The highest BCUT2D eigenvalue weighted by Crippen LogP contribution is 2.26. The lowest BCUT2D eigenvalue weighted by Crippen LogP contribution is -2.07. The number of hydrogen-bond donors (Lipinski definition) is 1. The SMILES string of the molecule is NCc1cc(CS(=O)(=O)c2ccc3c(c2)CCC3)ccn1. The Balaban J connectivity index is 1.89. The molecule has 0 spiro atoms. The lowest BCUT2D eigenvalue weighted by molar-refractivity contribution is 0.595. The predicted molar refractivity (Wildman–Crippen MR) is 81.5 cm³/mol. The minimum absolute atomic E-state index is 0.0126. The van der Waals surface area contributed by atoms with E-state index in [1.54, 1.807) is 24.4 Å². The van der Waals surface area contributed by atoms with Crippen molar-refractivity contribution in [2.24, 2.45) is 5.73 Å². The zero-order valence-corrected chi connectivity index (χ0v) is 12.6.